The average molecular weight is 1050 g/mol. The van der Waals surface area contributed by atoms with Gasteiger partial charge in [-0.15, -0.1) is 0 Å². The Morgan fingerprint density at radius 2 is 1.71 bits per heavy atom. The molecule has 7 aromatic rings. The Morgan fingerprint density at radius 1 is 0.896 bits per heavy atom. The molecule has 5 fully saturated rings. The van der Waals surface area contributed by atoms with E-state index in [1.807, 2.05) is 39.2 Å². The molecule has 10 heterocycles. The minimum absolute atomic E-state index is 0.0630. The lowest BCUT2D eigenvalue weighted by Gasteiger charge is -2.47. The van der Waals surface area contributed by atoms with Gasteiger partial charge in [-0.05, 0) is 129 Å². The zero-order chi connectivity index (χ0) is 52.9. The summed E-state index contributed by atoms with van der Waals surface area (Å²) in [5.74, 6) is -2.07. The SMILES string of the molecule is CCc1c(F)ccc2cc(O)cc(-c3ncc4c(N5CCCn6nc(C(=O)N7CCC8(CC7)CCN(c7ccc9c(C%10CCC(=O)NC%10=O)nn(C)c9c7)CC8)cc6C5)nc(OC[C@@]56CCCN5C[C@H](F)C6)nc4c3F)c12. The maximum absolute atomic E-state index is 17.5. The van der Waals surface area contributed by atoms with Crippen LogP contribution in [0.4, 0.5) is 24.7 Å². The van der Waals surface area contributed by atoms with E-state index in [0.717, 1.165) is 80.4 Å². The zero-order valence-corrected chi connectivity index (χ0v) is 43.3. The van der Waals surface area contributed by atoms with E-state index in [2.05, 4.69) is 43.3 Å². The van der Waals surface area contributed by atoms with Crippen molar-refractivity contribution in [2.45, 2.75) is 108 Å². The van der Waals surface area contributed by atoms with E-state index in [9.17, 15) is 23.9 Å². The first-order chi connectivity index (χ1) is 37.3. The van der Waals surface area contributed by atoms with E-state index in [4.69, 9.17) is 19.9 Å². The first-order valence-electron chi connectivity index (χ1n) is 27.2. The van der Waals surface area contributed by atoms with E-state index in [1.165, 1.54) is 24.4 Å². The summed E-state index contributed by atoms with van der Waals surface area (Å²) in [5.41, 5.74) is 3.96. The van der Waals surface area contributed by atoms with E-state index >= 15 is 8.78 Å². The number of ether oxygens (including phenoxy) is 1. The van der Waals surface area contributed by atoms with Crippen molar-refractivity contribution < 1.29 is 37.4 Å². The lowest BCUT2D eigenvalue weighted by molar-refractivity contribution is -0.134. The number of piperidine rings is 3. The van der Waals surface area contributed by atoms with E-state index in [0.29, 0.717) is 110 Å². The normalized spacial score (nSPS) is 22.8. The molecule has 3 amide bonds. The molecule has 6 aliphatic rings. The number of alkyl halides is 1. The summed E-state index contributed by atoms with van der Waals surface area (Å²) < 4.78 is 57.8. The van der Waals surface area contributed by atoms with E-state index in [-0.39, 0.29) is 58.3 Å². The maximum Gasteiger partial charge on any atom is 0.319 e. The second kappa shape index (κ2) is 19.0. The number of carbonyl (C=O) groups excluding carboxylic acids is 3. The second-order valence-electron chi connectivity index (χ2n) is 22.4. The van der Waals surface area contributed by atoms with Crippen LogP contribution in [0, 0.1) is 17.0 Å². The van der Waals surface area contributed by atoms with Gasteiger partial charge in [0, 0.05) is 88.5 Å². The van der Waals surface area contributed by atoms with Crippen molar-refractivity contribution >= 4 is 61.8 Å². The molecule has 4 aromatic heterocycles. The Morgan fingerprint density at radius 3 is 2.52 bits per heavy atom. The lowest BCUT2D eigenvalue weighted by Crippen LogP contribution is -2.48. The Bertz CT molecular complexity index is 3550. The van der Waals surface area contributed by atoms with E-state index in [1.54, 1.807) is 6.07 Å². The van der Waals surface area contributed by atoms with Gasteiger partial charge in [0.15, 0.2) is 11.5 Å². The molecule has 77 heavy (non-hydrogen) atoms. The number of imide groups is 1. The molecule has 13 rings (SSSR count). The molecule has 0 aliphatic carbocycles. The smallest absolute Gasteiger partial charge is 0.319 e. The number of likely N-dealkylation sites (tertiary alicyclic amines) is 1. The van der Waals surface area contributed by atoms with Gasteiger partial charge in [0.05, 0.1) is 40.3 Å². The number of phenols is 1. The summed E-state index contributed by atoms with van der Waals surface area (Å²) in [6.45, 7) is 7.43. The first kappa shape index (κ1) is 49.2. The molecule has 1 unspecified atom stereocenters. The highest BCUT2D eigenvalue weighted by Crippen LogP contribution is 2.45. The Balaban J connectivity index is 0.730. The summed E-state index contributed by atoms with van der Waals surface area (Å²) in [6.07, 6.45) is 8.05. The van der Waals surface area contributed by atoms with Crippen molar-refractivity contribution in [1.82, 2.24) is 49.6 Å². The van der Waals surface area contributed by atoms with Crippen LogP contribution in [0.5, 0.6) is 11.8 Å². The van der Waals surface area contributed by atoms with Gasteiger partial charge in [-0.1, -0.05) is 13.0 Å². The molecular formula is C57H61F3N12O5. The van der Waals surface area contributed by atoms with Crippen molar-refractivity contribution in [2.24, 2.45) is 12.5 Å². The van der Waals surface area contributed by atoms with E-state index < -0.39 is 29.3 Å². The van der Waals surface area contributed by atoms with Gasteiger partial charge < -0.3 is 24.5 Å². The molecule has 2 N–H and O–H groups in total. The number of anilines is 2. The van der Waals surface area contributed by atoms with Crippen LogP contribution in [0.2, 0.25) is 0 Å². The van der Waals surface area contributed by atoms with Crippen LogP contribution < -0.4 is 19.9 Å². The molecule has 400 valence electrons. The topological polar surface area (TPSA) is 180 Å². The van der Waals surface area contributed by atoms with Crippen molar-refractivity contribution in [3.63, 3.8) is 0 Å². The predicted octanol–water partition coefficient (Wildman–Crippen LogP) is 7.88. The molecule has 0 saturated carbocycles. The molecule has 3 aromatic carbocycles. The van der Waals surface area contributed by atoms with Crippen molar-refractivity contribution in [1.29, 1.82) is 0 Å². The number of carbonyl (C=O) groups is 3. The van der Waals surface area contributed by atoms with Gasteiger partial charge in [-0.3, -0.25) is 38.9 Å². The number of hydrogen-bond donors (Lipinski definition) is 2. The Labute approximate surface area is 442 Å². The highest BCUT2D eigenvalue weighted by molar-refractivity contribution is 6.03. The summed E-state index contributed by atoms with van der Waals surface area (Å²) in [4.78, 5) is 61.6. The highest BCUT2D eigenvalue weighted by atomic mass is 19.1. The number of benzene rings is 3. The molecular weight excluding hydrogens is 990 g/mol. The average Bonchev–Trinajstić information content (AvgIpc) is 4.15. The fourth-order valence-corrected chi connectivity index (χ4v) is 13.7. The molecule has 1 spiro atoms. The minimum atomic E-state index is -0.976. The van der Waals surface area contributed by atoms with Gasteiger partial charge >= 0.3 is 6.01 Å². The lowest BCUT2D eigenvalue weighted by atomic mass is 9.71. The number of fused-ring (bicyclic) bond motifs is 5. The molecule has 20 heteroatoms. The zero-order valence-electron chi connectivity index (χ0n) is 43.3. The van der Waals surface area contributed by atoms with Gasteiger partial charge in [-0.25, -0.2) is 13.2 Å². The van der Waals surface area contributed by atoms with Gasteiger partial charge in [0.2, 0.25) is 11.8 Å². The summed E-state index contributed by atoms with van der Waals surface area (Å²) in [5, 5.41) is 25.1. The Hall–Kier alpha value is -7.35. The van der Waals surface area contributed by atoms with Gasteiger partial charge in [0.25, 0.3) is 5.91 Å². The maximum atomic E-state index is 17.5. The molecule has 17 nitrogen and oxygen atoms in total. The monoisotopic (exact) mass is 1050 g/mol. The standard InChI is InChI=1S/C57H61F3N12O5/c1-3-38-43(59)10-6-33-24-37(73)27-41(47(33)38)50-48(60)51-42(29-61-50)52(64-55(63-51)77-32-57-12-4-18-71(57)30-34(58)28-57)70-17-5-19-72-36(31-70)25-44(65-72)54(76)69-22-15-56(16-23-69)13-20-68(21-14-56)35-7-8-39-45(26-35)67(2)66-49(39)40-9-11-46(74)62-53(40)75/h6-8,10,24-27,29,34,40,73H,3-5,9,11-23,28,30-32H2,1-2H3,(H,62,74,75)/t34-,40?,57+/m1/s1. The molecule has 0 radical (unpaired) electrons. The summed E-state index contributed by atoms with van der Waals surface area (Å²) in [7, 11) is 1.89. The van der Waals surface area contributed by atoms with Crippen molar-refractivity contribution in [3.8, 4) is 23.0 Å². The number of pyridine rings is 1. The fourth-order valence-electron chi connectivity index (χ4n) is 13.7. The summed E-state index contributed by atoms with van der Waals surface area (Å²) in [6, 6.07) is 13.9. The number of aromatic hydroxyl groups is 1. The van der Waals surface area contributed by atoms with Crippen LogP contribution in [-0.4, -0.2) is 131 Å². The second-order valence-corrected chi connectivity index (χ2v) is 22.4. The first-order valence-corrected chi connectivity index (χ1v) is 27.2. The number of halogens is 3. The molecule has 6 aliphatic heterocycles. The summed E-state index contributed by atoms with van der Waals surface area (Å²) >= 11 is 0. The third-order valence-electron chi connectivity index (χ3n) is 17.9. The van der Waals surface area contributed by atoms with Crippen LogP contribution in [0.1, 0.15) is 104 Å². The predicted molar refractivity (Wildman–Crippen MR) is 283 cm³/mol. The van der Waals surface area contributed by atoms with Crippen molar-refractivity contribution in [3.05, 3.63) is 89.0 Å². The number of aryl methyl sites for hydroxylation is 3. The van der Waals surface area contributed by atoms with Gasteiger partial charge in [-0.2, -0.15) is 20.2 Å². The van der Waals surface area contributed by atoms with Crippen LogP contribution in [0.25, 0.3) is 43.8 Å². The van der Waals surface area contributed by atoms with Crippen LogP contribution in [-0.2, 0) is 36.1 Å². The number of amides is 3. The van der Waals surface area contributed by atoms with Crippen LogP contribution in [0.15, 0.2) is 54.7 Å². The number of nitrogens with zero attached hydrogens (tertiary/aromatic N) is 11. The van der Waals surface area contributed by atoms with Crippen molar-refractivity contribution in [2.75, 3.05) is 62.2 Å². The molecule has 3 atom stereocenters. The molecule has 0 bridgehead atoms. The fraction of sp³-hybridized carbons (Fsp3) is 0.474. The number of hydrogen-bond acceptors (Lipinski definition) is 13. The Kier molecular flexibility index (Phi) is 12.1. The highest BCUT2D eigenvalue weighted by Gasteiger charge is 2.49. The van der Waals surface area contributed by atoms with Gasteiger partial charge in [0.1, 0.15) is 41.4 Å². The largest absolute Gasteiger partial charge is 0.508 e. The third kappa shape index (κ3) is 8.57. The molecule has 5 saturated heterocycles. The number of nitrogens with one attached hydrogen (secondary N) is 1. The number of phenolic OH excluding ortho intramolecular Hbond substituents is 1. The van der Waals surface area contributed by atoms with Crippen LogP contribution in [0.3, 0.4) is 0 Å². The number of rotatable bonds is 9. The third-order valence-corrected chi connectivity index (χ3v) is 17.9. The quantitative estimate of drug-likeness (QED) is 0.134. The van der Waals surface area contributed by atoms with Crippen LogP contribution >= 0.6 is 0 Å². The minimum Gasteiger partial charge on any atom is -0.508 e. The number of aromatic nitrogens is 7.